The maximum atomic E-state index is 5.59. The lowest BCUT2D eigenvalue weighted by Gasteiger charge is -2.19. The largest absolute Gasteiger partial charge is 0.366 e. The van der Waals surface area contributed by atoms with Crippen LogP contribution in [0.1, 0.15) is 23.4 Å². The molecular weight excluding hydrogens is 274 g/mol. The molecule has 3 rings (SSSR count). The number of nitrogens with one attached hydrogen (secondary N) is 1. The molecule has 2 heterocycles. The summed E-state index contributed by atoms with van der Waals surface area (Å²) >= 11 is 1.72. The summed E-state index contributed by atoms with van der Waals surface area (Å²) in [4.78, 5) is 5.66. The van der Waals surface area contributed by atoms with Crippen LogP contribution < -0.4 is 5.32 Å². The third-order valence-electron chi connectivity index (χ3n) is 3.14. The highest BCUT2D eigenvalue weighted by molar-refractivity contribution is 7.98. The molecule has 0 aliphatic carbocycles. The molecule has 1 aliphatic heterocycles. The van der Waals surface area contributed by atoms with Crippen LogP contribution in [0.5, 0.6) is 0 Å². The lowest BCUT2D eigenvalue weighted by atomic mass is 10.2. The van der Waals surface area contributed by atoms with Gasteiger partial charge < -0.3 is 14.6 Å². The smallest absolute Gasteiger partial charge is 0.257 e. The average molecular weight is 291 g/mol. The standard InChI is InChI=1S/C14H17N3O2S/c1-10-4-2-3-5-12(10)20-9-13-16-14(19-17-13)11-8-15-6-7-18-11/h2-5,11,15H,6-9H2,1H3. The third-order valence-corrected chi connectivity index (χ3v) is 4.31. The zero-order valence-corrected chi connectivity index (χ0v) is 12.2. The first-order valence-corrected chi connectivity index (χ1v) is 7.65. The minimum Gasteiger partial charge on any atom is -0.366 e. The van der Waals surface area contributed by atoms with E-state index in [0.29, 0.717) is 24.1 Å². The molecular formula is C14H17N3O2S. The quantitative estimate of drug-likeness (QED) is 0.872. The fraction of sp³-hybridized carbons (Fsp3) is 0.429. The van der Waals surface area contributed by atoms with Crippen LogP contribution in [-0.2, 0) is 10.5 Å². The number of aryl methyl sites for hydroxylation is 1. The summed E-state index contributed by atoms with van der Waals surface area (Å²) < 4.78 is 10.9. The van der Waals surface area contributed by atoms with Crippen molar-refractivity contribution in [1.29, 1.82) is 0 Å². The predicted octanol–water partition coefficient (Wildman–Crippen LogP) is 2.33. The topological polar surface area (TPSA) is 60.2 Å². The molecule has 0 saturated carbocycles. The summed E-state index contributed by atoms with van der Waals surface area (Å²) in [6.45, 7) is 4.39. The minimum atomic E-state index is -0.117. The van der Waals surface area contributed by atoms with Crippen LogP contribution in [0.4, 0.5) is 0 Å². The summed E-state index contributed by atoms with van der Waals surface area (Å²) in [5.41, 5.74) is 1.26. The molecule has 1 saturated heterocycles. The van der Waals surface area contributed by atoms with E-state index in [0.717, 1.165) is 13.1 Å². The Bertz CT molecular complexity index is 567. The van der Waals surface area contributed by atoms with Crippen LogP contribution in [0.2, 0.25) is 0 Å². The van der Waals surface area contributed by atoms with Crippen molar-refractivity contribution >= 4 is 11.8 Å². The van der Waals surface area contributed by atoms with E-state index >= 15 is 0 Å². The zero-order chi connectivity index (χ0) is 13.8. The molecule has 0 bridgehead atoms. The molecule has 1 unspecified atom stereocenters. The molecule has 0 spiro atoms. The van der Waals surface area contributed by atoms with Crippen LogP contribution in [0.25, 0.3) is 0 Å². The van der Waals surface area contributed by atoms with E-state index in [1.165, 1.54) is 10.5 Å². The second-order valence-corrected chi connectivity index (χ2v) is 5.68. The van der Waals surface area contributed by atoms with Gasteiger partial charge in [0.1, 0.15) is 6.10 Å². The molecule has 5 nitrogen and oxygen atoms in total. The van der Waals surface area contributed by atoms with Crippen molar-refractivity contribution < 1.29 is 9.26 Å². The maximum absolute atomic E-state index is 5.59. The molecule has 20 heavy (non-hydrogen) atoms. The molecule has 1 N–H and O–H groups in total. The molecule has 1 aromatic carbocycles. The Morgan fingerprint density at radius 3 is 3.10 bits per heavy atom. The van der Waals surface area contributed by atoms with Gasteiger partial charge in [-0.2, -0.15) is 4.98 Å². The minimum absolute atomic E-state index is 0.117. The van der Waals surface area contributed by atoms with Gasteiger partial charge in [-0.3, -0.25) is 0 Å². The Morgan fingerprint density at radius 1 is 1.40 bits per heavy atom. The van der Waals surface area contributed by atoms with Crippen LogP contribution in [0.3, 0.4) is 0 Å². The van der Waals surface area contributed by atoms with Gasteiger partial charge in [-0.05, 0) is 18.6 Å². The summed E-state index contributed by atoms with van der Waals surface area (Å²) in [6, 6.07) is 8.29. The van der Waals surface area contributed by atoms with Gasteiger partial charge in [0.2, 0.25) is 0 Å². The van der Waals surface area contributed by atoms with Crippen LogP contribution in [-0.4, -0.2) is 29.8 Å². The Hall–Kier alpha value is -1.37. The molecule has 1 atom stereocenters. The van der Waals surface area contributed by atoms with E-state index in [2.05, 4.69) is 34.5 Å². The van der Waals surface area contributed by atoms with Crippen LogP contribution in [0.15, 0.2) is 33.7 Å². The Balaban J connectivity index is 1.61. The normalized spacial score (nSPS) is 19.1. The fourth-order valence-electron chi connectivity index (χ4n) is 2.04. The van der Waals surface area contributed by atoms with Crippen molar-refractivity contribution in [2.75, 3.05) is 19.7 Å². The third kappa shape index (κ3) is 3.20. The first kappa shape index (κ1) is 13.6. The first-order valence-electron chi connectivity index (χ1n) is 6.66. The van der Waals surface area contributed by atoms with Gasteiger partial charge >= 0.3 is 0 Å². The number of nitrogens with zero attached hydrogens (tertiary/aromatic N) is 2. The van der Waals surface area contributed by atoms with Crippen molar-refractivity contribution in [3.63, 3.8) is 0 Å². The highest BCUT2D eigenvalue weighted by atomic mass is 32.2. The summed E-state index contributed by atoms with van der Waals surface area (Å²) in [7, 11) is 0. The summed E-state index contributed by atoms with van der Waals surface area (Å²) in [6.07, 6.45) is -0.117. The molecule has 1 aliphatic rings. The lowest BCUT2D eigenvalue weighted by Crippen LogP contribution is -2.33. The summed E-state index contributed by atoms with van der Waals surface area (Å²) in [5.74, 6) is 1.98. The molecule has 6 heteroatoms. The number of morpholine rings is 1. The molecule has 0 radical (unpaired) electrons. The molecule has 2 aromatic rings. The van der Waals surface area contributed by atoms with Crippen LogP contribution >= 0.6 is 11.8 Å². The van der Waals surface area contributed by atoms with Crippen molar-refractivity contribution in [2.24, 2.45) is 0 Å². The van der Waals surface area contributed by atoms with Gasteiger partial charge in [-0.25, -0.2) is 0 Å². The molecule has 1 aromatic heterocycles. The van der Waals surface area contributed by atoms with Gasteiger partial charge in [0.25, 0.3) is 5.89 Å². The van der Waals surface area contributed by atoms with Crippen molar-refractivity contribution in [3.05, 3.63) is 41.5 Å². The Kier molecular flexibility index (Phi) is 4.34. The number of rotatable bonds is 4. The number of hydrogen-bond acceptors (Lipinski definition) is 6. The van der Waals surface area contributed by atoms with Gasteiger partial charge in [0, 0.05) is 18.0 Å². The molecule has 106 valence electrons. The Labute approximate surface area is 122 Å². The lowest BCUT2D eigenvalue weighted by molar-refractivity contribution is 0.00755. The van der Waals surface area contributed by atoms with Crippen molar-refractivity contribution in [3.8, 4) is 0 Å². The maximum Gasteiger partial charge on any atom is 0.257 e. The molecule has 0 amide bonds. The van der Waals surface area contributed by atoms with E-state index in [9.17, 15) is 0 Å². The van der Waals surface area contributed by atoms with Gasteiger partial charge in [-0.15, -0.1) is 11.8 Å². The molecule has 1 fully saturated rings. The van der Waals surface area contributed by atoms with Gasteiger partial charge in [0.05, 0.1) is 12.4 Å². The number of aromatic nitrogens is 2. The SMILES string of the molecule is Cc1ccccc1SCc1noc(C2CNCCO2)n1. The van der Waals surface area contributed by atoms with Crippen molar-refractivity contribution in [2.45, 2.75) is 23.7 Å². The van der Waals surface area contributed by atoms with E-state index < -0.39 is 0 Å². The predicted molar refractivity (Wildman–Crippen MR) is 76.6 cm³/mol. The summed E-state index contributed by atoms with van der Waals surface area (Å²) in [5, 5.41) is 7.27. The highest BCUT2D eigenvalue weighted by Gasteiger charge is 2.22. The zero-order valence-electron chi connectivity index (χ0n) is 11.3. The fourth-order valence-corrected chi connectivity index (χ4v) is 2.91. The van der Waals surface area contributed by atoms with E-state index in [1.54, 1.807) is 11.8 Å². The number of benzene rings is 1. The van der Waals surface area contributed by atoms with E-state index in [4.69, 9.17) is 9.26 Å². The van der Waals surface area contributed by atoms with Gasteiger partial charge in [0.15, 0.2) is 5.82 Å². The van der Waals surface area contributed by atoms with E-state index in [1.807, 2.05) is 12.1 Å². The average Bonchev–Trinajstić information content (AvgIpc) is 2.96. The second-order valence-electron chi connectivity index (χ2n) is 4.67. The first-order chi connectivity index (χ1) is 9.83. The van der Waals surface area contributed by atoms with Crippen LogP contribution in [0, 0.1) is 6.92 Å². The van der Waals surface area contributed by atoms with E-state index in [-0.39, 0.29) is 6.10 Å². The number of ether oxygens (including phenoxy) is 1. The monoisotopic (exact) mass is 291 g/mol. The number of hydrogen-bond donors (Lipinski definition) is 1. The van der Waals surface area contributed by atoms with Gasteiger partial charge in [-0.1, -0.05) is 23.4 Å². The second kappa shape index (κ2) is 6.39. The highest BCUT2D eigenvalue weighted by Crippen LogP contribution is 2.25. The number of thioether (sulfide) groups is 1. The Morgan fingerprint density at radius 2 is 2.30 bits per heavy atom. The van der Waals surface area contributed by atoms with Crippen molar-refractivity contribution in [1.82, 2.24) is 15.5 Å².